The highest BCUT2D eigenvalue weighted by Crippen LogP contribution is 2.27. The van der Waals surface area contributed by atoms with Crippen LogP contribution in [0.25, 0.3) is 11.7 Å². The molecule has 3 fully saturated rings. The molecule has 1 saturated carbocycles. The molecule has 182 valence electrons. The summed E-state index contributed by atoms with van der Waals surface area (Å²) in [6.07, 6.45) is 8.07. The third-order valence-corrected chi connectivity index (χ3v) is 6.50. The van der Waals surface area contributed by atoms with Crippen LogP contribution in [-0.4, -0.2) is 68.6 Å². The van der Waals surface area contributed by atoms with Gasteiger partial charge in [-0.3, -0.25) is 14.9 Å². The van der Waals surface area contributed by atoms with Crippen LogP contribution in [-0.2, 0) is 9.59 Å². The molecule has 0 unspecified atom stereocenters. The first-order chi connectivity index (χ1) is 17.6. The Kier molecular flexibility index (Phi) is 5.44. The molecular weight excluding hydrogens is 460 g/mol. The molecule has 0 aromatic carbocycles. The second-order valence-electron chi connectivity index (χ2n) is 9.14. The van der Waals surface area contributed by atoms with E-state index in [0.29, 0.717) is 59.2 Å². The lowest BCUT2D eigenvalue weighted by Gasteiger charge is -2.23. The highest BCUT2D eigenvalue weighted by atomic mass is 16.2. The zero-order valence-electron chi connectivity index (χ0n) is 19.5. The van der Waals surface area contributed by atoms with Gasteiger partial charge in [-0.05, 0) is 37.5 Å². The number of rotatable bonds is 5. The van der Waals surface area contributed by atoms with Crippen molar-refractivity contribution in [3.8, 4) is 6.07 Å². The fourth-order valence-corrected chi connectivity index (χ4v) is 4.50. The predicted molar refractivity (Wildman–Crippen MR) is 131 cm³/mol. The summed E-state index contributed by atoms with van der Waals surface area (Å²) >= 11 is 0. The van der Waals surface area contributed by atoms with Gasteiger partial charge in [-0.1, -0.05) is 0 Å². The molecule has 5 heterocycles. The second-order valence-corrected chi connectivity index (χ2v) is 9.14. The quantitative estimate of drug-likeness (QED) is 0.399. The average molecular weight is 485 g/mol. The SMILES string of the molecule is N#Cc1cccnc1N1CCCN(c2nc(NC3CC3)n3ncc(/C=C4\CC(=O)NC4=O)c3n2)CC1. The molecule has 3 aromatic heterocycles. The van der Waals surface area contributed by atoms with Crippen LogP contribution < -0.4 is 20.4 Å². The van der Waals surface area contributed by atoms with Gasteiger partial charge in [-0.2, -0.15) is 24.8 Å². The molecule has 0 radical (unpaired) electrons. The summed E-state index contributed by atoms with van der Waals surface area (Å²) in [6, 6.07) is 6.14. The first-order valence-electron chi connectivity index (χ1n) is 12.0. The normalized spacial score (nSPS) is 19.5. The maximum atomic E-state index is 12.1. The van der Waals surface area contributed by atoms with E-state index in [2.05, 4.69) is 36.6 Å². The standard InChI is InChI=1S/C24H24N10O2/c25-13-15-3-1-6-26-20(15)32-7-2-8-33(10-9-32)23-30-21-17(11-16-12-19(35)29-22(16)36)14-27-34(21)24(31-23)28-18-4-5-18/h1,3,6,11,14,18H,2,4-5,7-10,12H2,(H,28,30,31)(H,29,35,36)/b16-11+. The van der Waals surface area contributed by atoms with Gasteiger partial charge in [0.15, 0.2) is 5.65 Å². The Balaban J connectivity index is 1.33. The average Bonchev–Trinajstić information content (AvgIpc) is 3.59. The van der Waals surface area contributed by atoms with E-state index in [1.807, 2.05) is 0 Å². The molecule has 36 heavy (non-hydrogen) atoms. The van der Waals surface area contributed by atoms with Crippen LogP contribution in [0.1, 0.15) is 36.8 Å². The summed E-state index contributed by atoms with van der Waals surface area (Å²) in [6.45, 7) is 2.84. The fraction of sp³-hybridized carbons (Fsp3) is 0.375. The van der Waals surface area contributed by atoms with Gasteiger partial charge in [0.1, 0.15) is 11.9 Å². The molecule has 2 N–H and O–H groups in total. The van der Waals surface area contributed by atoms with Crippen LogP contribution in [0.5, 0.6) is 0 Å². The number of nitrogens with zero attached hydrogens (tertiary/aromatic N) is 8. The summed E-state index contributed by atoms with van der Waals surface area (Å²) in [7, 11) is 0. The number of amides is 2. The molecule has 2 amide bonds. The van der Waals surface area contributed by atoms with Gasteiger partial charge in [-0.25, -0.2) is 4.98 Å². The number of anilines is 3. The molecule has 0 spiro atoms. The van der Waals surface area contributed by atoms with Gasteiger partial charge in [0.2, 0.25) is 17.8 Å². The third kappa shape index (κ3) is 4.19. The molecular formula is C24H24N10O2. The van der Waals surface area contributed by atoms with Crippen molar-refractivity contribution in [1.29, 1.82) is 5.26 Å². The molecule has 12 nitrogen and oxygen atoms in total. The first kappa shape index (κ1) is 22.0. The van der Waals surface area contributed by atoms with Crippen LogP contribution in [0.2, 0.25) is 0 Å². The number of fused-ring (bicyclic) bond motifs is 1. The van der Waals surface area contributed by atoms with Crippen LogP contribution in [0.3, 0.4) is 0 Å². The van der Waals surface area contributed by atoms with Crippen LogP contribution >= 0.6 is 0 Å². The Labute approximate surface area is 206 Å². The van der Waals surface area contributed by atoms with Gasteiger partial charge < -0.3 is 15.1 Å². The number of aromatic nitrogens is 5. The van der Waals surface area contributed by atoms with E-state index >= 15 is 0 Å². The highest BCUT2D eigenvalue weighted by molar-refractivity contribution is 6.15. The highest BCUT2D eigenvalue weighted by Gasteiger charge is 2.27. The monoisotopic (exact) mass is 484 g/mol. The van der Waals surface area contributed by atoms with Crippen LogP contribution in [0.4, 0.5) is 17.7 Å². The summed E-state index contributed by atoms with van der Waals surface area (Å²) in [5.41, 5.74) is 2.17. The number of hydrogen-bond donors (Lipinski definition) is 2. The van der Waals surface area contributed by atoms with E-state index in [9.17, 15) is 14.9 Å². The van der Waals surface area contributed by atoms with Crippen molar-refractivity contribution >= 4 is 41.3 Å². The van der Waals surface area contributed by atoms with Crippen molar-refractivity contribution in [2.75, 3.05) is 41.3 Å². The van der Waals surface area contributed by atoms with E-state index in [1.165, 1.54) is 0 Å². The van der Waals surface area contributed by atoms with E-state index in [-0.39, 0.29) is 18.2 Å². The van der Waals surface area contributed by atoms with E-state index in [1.54, 1.807) is 35.1 Å². The lowest BCUT2D eigenvalue weighted by atomic mass is 10.1. The molecule has 2 aliphatic heterocycles. The zero-order valence-corrected chi connectivity index (χ0v) is 19.5. The molecule has 0 atom stereocenters. The topological polar surface area (TPSA) is 144 Å². The van der Waals surface area contributed by atoms with Crippen molar-refractivity contribution in [3.63, 3.8) is 0 Å². The fourth-order valence-electron chi connectivity index (χ4n) is 4.50. The largest absolute Gasteiger partial charge is 0.354 e. The Hall–Kier alpha value is -4.53. The molecule has 3 aromatic rings. The second kappa shape index (κ2) is 8.92. The van der Waals surface area contributed by atoms with Crippen LogP contribution in [0, 0.1) is 11.3 Å². The van der Waals surface area contributed by atoms with Crippen LogP contribution in [0.15, 0.2) is 30.1 Å². The van der Waals surface area contributed by atoms with E-state index in [0.717, 1.165) is 32.4 Å². The smallest absolute Gasteiger partial charge is 0.254 e. The number of imide groups is 1. The van der Waals surface area contributed by atoms with E-state index < -0.39 is 0 Å². The Bertz CT molecular complexity index is 1430. The summed E-state index contributed by atoms with van der Waals surface area (Å²) in [5.74, 6) is 1.18. The molecule has 6 rings (SSSR count). The maximum absolute atomic E-state index is 12.1. The minimum atomic E-state index is -0.385. The Morgan fingerprint density at radius 2 is 1.97 bits per heavy atom. The van der Waals surface area contributed by atoms with Crippen molar-refractivity contribution in [2.24, 2.45) is 0 Å². The lowest BCUT2D eigenvalue weighted by molar-refractivity contribution is -0.124. The van der Waals surface area contributed by atoms with Gasteiger partial charge in [0.05, 0.1) is 18.2 Å². The van der Waals surface area contributed by atoms with Crippen molar-refractivity contribution < 1.29 is 9.59 Å². The predicted octanol–water partition coefficient (Wildman–Crippen LogP) is 1.11. The number of nitriles is 1. The number of nitrogens with one attached hydrogen (secondary N) is 2. The minimum Gasteiger partial charge on any atom is -0.354 e. The molecule has 0 bridgehead atoms. The molecule has 2 saturated heterocycles. The van der Waals surface area contributed by atoms with Crippen molar-refractivity contribution in [3.05, 3.63) is 41.2 Å². The molecule has 12 heteroatoms. The number of hydrogen-bond acceptors (Lipinski definition) is 10. The van der Waals surface area contributed by atoms with Gasteiger partial charge >= 0.3 is 0 Å². The summed E-state index contributed by atoms with van der Waals surface area (Å²) in [4.78, 5) is 42.1. The molecule has 3 aliphatic rings. The van der Waals surface area contributed by atoms with Crippen molar-refractivity contribution in [2.45, 2.75) is 31.7 Å². The number of carbonyl (C=O) groups is 2. The van der Waals surface area contributed by atoms with Gasteiger partial charge in [0.25, 0.3) is 5.91 Å². The summed E-state index contributed by atoms with van der Waals surface area (Å²) in [5, 5.41) is 19.7. The summed E-state index contributed by atoms with van der Waals surface area (Å²) < 4.78 is 1.65. The van der Waals surface area contributed by atoms with E-state index in [4.69, 9.17) is 9.97 Å². The first-order valence-corrected chi connectivity index (χ1v) is 12.0. The zero-order chi connectivity index (χ0) is 24.6. The maximum Gasteiger partial charge on any atom is 0.254 e. The lowest BCUT2D eigenvalue weighted by Crippen LogP contribution is -2.32. The number of carbonyl (C=O) groups excluding carboxylic acids is 2. The Morgan fingerprint density at radius 3 is 2.75 bits per heavy atom. The minimum absolute atomic E-state index is 0.0431. The van der Waals surface area contributed by atoms with Gasteiger partial charge in [-0.15, -0.1) is 0 Å². The number of pyridine rings is 1. The molecule has 1 aliphatic carbocycles. The third-order valence-electron chi connectivity index (χ3n) is 6.50. The van der Waals surface area contributed by atoms with Crippen molar-refractivity contribution in [1.82, 2.24) is 29.9 Å². The van der Waals surface area contributed by atoms with Gasteiger partial charge in [0, 0.05) is 49.6 Å². The Morgan fingerprint density at radius 1 is 1.14 bits per heavy atom.